The van der Waals surface area contributed by atoms with Crippen LogP contribution in [0.25, 0.3) is 0 Å². The number of carbonyl (C=O) groups excluding carboxylic acids is 1. The third-order valence-corrected chi connectivity index (χ3v) is 3.94. The number of amides is 2. The number of carboxylic acids is 1. The number of aliphatic carboxylic acids is 1. The maximum atomic E-state index is 12.4. The Morgan fingerprint density at radius 1 is 1.30 bits per heavy atom. The van der Waals surface area contributed by atoms with E-state index in [1.54, 1.807) is 0 Å². The van der Waals surface area contributed by atoms with Crippen molar-refractivity contribution in [3.05, 3.63) is 0 Å². The number of hydrogen-bond acceptors (Lipinski definition) is 2. The van der Waals surface area contributed by atoms with Gasteiger partial charge in [-0.3, -0.25) is 4.79 Å². The highest BCUT2D eigenvalue weighted by Gasteiger charge is 2.46. The number of hydrogen-bond donors (Lipinski definition) is 2. The van der Waals surface area contributed by atoms with Gasteiger partial charge >= 0.3 is 18.2 Å². The molecule has 8 heteroatoms. The Bertz CT molecular complexity index is 403. The first-order valence-electron chi connectivity index (χ1n) is 6.58. The number of rotatable bonds is 5. The van der Waals surface area contributed by atoms with Crippen molar-refractivity contribution in [1.82, 2.24) is 10.2 Å². The van der Waals surface area contributed by atoms with Crippen molar-refractivity contribution in [1.29, 1.82) is 0 Å². The molecule has 2 N–H and O–H groups in total. The quantitative estimate of drug-likeness (QED) is 0.814. The summed E-state index contributed by atoms with van der Waals surface area (Å²) in [6, 6.07) is -1.20. The molecule has 0 bridgehead atoms. The SMILES string of the molecule is O=C(NCC1(C(=O)O)CCC1)N(CC(F)(F)F)C1CC1. The fourth-order valence-corrected chi connectivity index (χ4v) is 2.36. The van der Waals surface area contributed by atoms with E-state index in [2.05, 4.69) is 5.32 Å². The molecule has 0 saturated heterocycles. The summed E-state index contributed by atoms with van der Waals surface area (Å²) in [5.41, 5.74) is -0.997. The van der Waals surface area contributed by atoms with Crippen LogP contribution in [0.1, 0.15) is 32.1 Å². The van der Waals surface area contributed by atoms with Gasteiger partial charge in [0.2, 0.25) is 0 Å². The van der Waals surface area contributed by atoms with Crippen LogP contribution in [0.15, 0.2) is 0 Å². The summed E-state index contributed by atoms with van der Waals surface area (Å²) in [5, 5.41) is 11.5. The van der Waals surface area contributed by atoms with E-state index < -0.39 is 30.1 Å². The van der Waals surface area contributed by atoms with Gasteiger partial charge in [0, 0.05) is 12.6 Å². The predicted octanol–water partition coefficient (Wildman–Crippen LogP) is 1.98. The lowest BCUT2D eigenvalue weighted by Crippen LogP contribution is -2.52. The van der Waals surface area contributed by atoms with Crippen molar-refractivity contribution >= 4 is 12.0 Å². The summed E-state index contributed by atoms with van der Waals surface area (Å²) in [7, 11) is 0. The van der Waals surface area contributed by atoms with Gasteiger partial charge in [-0.1, -0.05) is 6.42 Å². The summed E-state index contributed by atoms with van der Waals surface area (Å²) in [4.78, 5) is 23.7. The highest BCUT2D eigenvalue weighted by Crippen LogP contribution is 2.40. The standard InChI is InChI=1S/C12H17F3N2O3/c13-12(14,15)7-17(8-2-3-8)10(20)16-6-11(9(18)19)4-1-5-11/h8H,1-7H2,(H,16,20)(H,18,19). The van der Waals surface area contributed by atoms with Gasteiger partial charge in [-0.15, -0.1) is 0 Å². The van der Waals surface area contributed by atoms with E-state index in [4.69, 9.17) is 5.11 Å². The average molecular weight is 294 g/mol. The monoisotopic (exact) mass is 294 g/mol. The topological polar surface area (TPSA) is 69.6 Å². The van der Waals surface area contributed by atoms with E-state index in [0.29, 0.717) is 25.7 Å². The van der Waals surface area contributed by atoms with Crippen molar-refractivity contribution in [2.75, 3.05) is 13.1 Å². The Morgan fingerprint density at radius 2 is 1.90 bits per heavy atom. The van der Waals surface area contributed by atoms with Gasteiger partial charge in [0.05, 0.1) is 5.41 Å². The second-order valence-electron chi connectivity index (χ2n) is 5.57. The second-order valence-corrected chi connectivity index (χ2v) is 5.57. The molecule has 2 rings (SSSR count). The molecular weight excluding hydrogens is 277 g/mol. The minimum absolute atomic E-state index is 0.109. The predicted molar refractivity (Wildman–Crippen MR) is 63.1 cm³/mol. The van der Waals surface area contributed by atoms with Crippen LogP contribution in [0.3, 0.4) is 0 Å². The second kappa shape index (κ2) is 5.14. The van der Waals surface area contributed by atoms with Crippen LogP contribution >= 0.6 is 0 Å². The molecule has 0 aromatic carbocycles. The number of carboxylic acid groups (broad SMARTS) is 1. The Hall–Kier alpha value is -1.47. The first-order chi connectivity index (χ1) is 9.23. The smallest absolute Gasteiger partial charge is 0.406 e. The number of halogens is 3. The maximum Gasteiger partial charge on any atom is 0.406 e. The van der Waals surface area contributed by atoms with Crippen LogP contribution in [0, 0.1) is 5.41 Å². The van der Waals surface area contributed by atoms with Gasteiger partial charge in [-0.25, -0.2) is 4.79 Å². The van der Waals surface area contributed by atoms with Gasteiger partial charge in [0.15, 0.2) is 0 Å². The van der Waals surface area contributed by atoms with Gasteiger partial charge in [-0.2, -0.15) is 13.2 Å². The molecule has 0 aromatic heterocycles. The van der Waals surface area contributed by atoms with Crippen molar-refractivity contribution in [3.8, 4) is 0 Å². The van der Waals surface area contributed by atoms with E-state index in [9.17, 15) is 22.8 Å². The van der Waals surface area contributed by atoms with E-state index in [0.717, 1.165) is 11.3 Å². The van der Waals surface area contributed by atoms with Crippen molar-refractivity contribution in [3.63, 3.8) is 0 Å². The van der Waals surface area contributed by atoms with Gasteiger partial charge in [0.1, 0.15) is 6.54 Å². The van der Waals surface area contributed by atoms with Crippen molar-refractivity contribution in [2.45, 2.75) is 44.3 Å². The minimum atomic E-state index is -4.44. The third kappa shape index (κ3) is 3.34. The lowest BCUT2D eigenvalue weighted by atomic mass is 9.69. The molecule has 0 aromatic rings. The van der Waals surface area contributed by atoms with Crippen LogP contribution < -0.4 is 5.32 Å². The zero-order valence-electron chi connectivity index (χ0n) is 10.9. The van der Waals surface area contributed by atoms with Gasteiger partial charge < -0.3 is 15.3 Å². The Kier molecular flexibility index (Phi) is 3.84. The van der Waals surface area contributed by atoms with Crippen LogP contribution in [0.4, 0.5) is 18.0 Å². The summed E-state index contributed by atoms with van der Waals surface area (Å²) < 4.78 is 37.3. The summed E-state index contributed by atoms with van der Waals surface area (Å²) >= 11 is 0. The maximum absolute atomic E-state index is 12.4. The van der Waals surface area contributed by atoms with Crippen LogP contribution in [-0.4, -0.2) is 47.3 Å². The number of urea groups is 1. The molecule has 2 amide bonds. The molecule has 2 aliphatic rings. The molecule has 20 heavy (non-hydrogen) atoms. The fraction of sp³-hybridized carbons (Fsp3) is 0.833. The van der Waals surface area contributed by atoms with E-state index in [-0.39, 0.29) is 12.6 Å². The minimum Gasteiger partial charge on any atom is -0.481 e. The lowest BCUT2D eigenvalue weighted by molar-refractivity contribution is -0.154. The number of nitrogens with one attached hydrogen (secondary N) is 1. The zero-order chi connectivity index (χ0) is 15.0. The Balaban J connectivity index is 1.90. The van der Waals surface area contributed by atoms with Crippen molar-refractivity contribution in [2.24, 2.45) is 5.41 Å². The fourth-order valence-electron chi connectivity index (χ4n) is 2.36. The number of nitrogens with zero attached hydrogens (tertiary/aromatic N) is 1. The highest BCUT2D eigenvalue weighted by atomic mass is 19.4. The normalized spacial score (nSPS) is 20.9. The van der Waals surface area contributed by atoms with E-state index in [1.807, 2.05) is 0 Å². The molecule has 0 radical (unpaired) electrons. The first-order valence-corrected chi connectivity index (χ1v) is 6.58. The van der Waals surface area contributed by atoms with Crippen LogP contribution in [-0.2, 0) is 4.79 Å². The first kappa shape index (κ1) is 14.9. The molecular formula is C12H17F3N2O3. The van der Waals surface area contributed by atoms with Gasteiger partial charge in [0.25, 0.3) is 0 Å². The molecule has 0 atom stereocenters. The Morgan fingerprint density at radius 3 is 2.25 bits per heavy atom. The molecule has 0 aliphatic heterocycles. The van der Waals surface area contributed by atoms with E-state index in [1.165, 1.54) is 0 Å². The molecule has 0 heterocycles. The molecule has 5 nitrogen and oxygen atoms in total. The molecule has 2 aliphatic carbocycles. The van der Waals surface area contributed by atoms with Crippen LogP contribution in [0.2, 0.25) is 0 Å². The van der Waals surface area contributed by atoms with Gasteiger partial charge in [-0.05, 0) is 25.7 Å². The Labute approximate surface area is 114 Å². The molecule has 0 spiro atoms. The third-order valence-electron chi connectivity index (χ3n) is 3.94. The summed E-state index contributed by atoms with van der Waals surface area (Å²) in [6.07, 6.45) is -1.66. The van der Waals surface area contributed by atoms with Crippen molar-refractivity contribution < 1.29 is 27.9 Å². The zero-order valence-corrected chi connectivity index (χ0v) is 10.9. The van der Waals surface area contributed by atoms with E-state index >= 15 is 0 Å². The summed E-state index contributed by atoms with van der Waals surface area (Å²) in [5.74, 6) is -1.00. The number of alkyl halides is 3. The largest absolute Gasteiger partial charge is 0.481 e. The van der Waals surface area contributed by atoms with Crippen LogP contribution in [0.5, 0.6) is 0 Å². The molecule has 114 valence electrons. The molecule has 2 saturated carbocycles. The lowest BCUT2D eigenvalue weighted by Gasteiger charge is -2.38. The highest BCUT2D eigenvalue weighted by molar-refractivity contribution is 5.79. The average Bonchev–Trinajstić information content (AvgIpc) is 3.05. The molecule has 0 unspecified atom stereocenters. The molecule has 2 fully saturated rings. The summed E-state index contributed by atoms with van der Waals surface area (Å²) in [6.45, 7) is -1.40. The number of carbonyl (C=O) groups is 2.